The minimum absolute atomic E-state index is 0.152. The lowest BCUT2D eigenvalue weighted by atomic mass is 10.1. The number of piperidine rings is 1. The second kappa shape index (κ2) is 10.6. The third-order valence-electron chi connectivity index (χ3n) is 6.67. The fourth-order valence-electron chi connectivity index (χ4n) is 4.74. The summed E-state index contributed by atoms with van der Waals surface area (Å²) >= 11 is 1.70. The van der Waals surface area contributed by atoms with Gasteiger partial charge in [0.15, 0.2) is 0 Å². The van der Waals surface area contributed by atoms with Gasteiger partial charge < -0.3 is 4.90 Å². The number of amides is 1. The topological polar surface area (TPSA) is 39.7 Å². The van der Waals surface area contributed by atoms with E-state index in [-0.39, 0.29) is 5.91 Å². The molecule has 2 aromatic carbocycles. The summed E-state index contributed by atoms with van der Waals surface area (Å²) in [7, 11) is 0. The van der Waals surface area contributed by atoms with E-state index >= 15 is 0 Å². The summed E-state index contributed by atoms with van der Waals surface area (Å²) in [5.74, 6) is 0.152. The van der Waals surface area contributed by atoms with Crippen LogP contribution >= 0.6 is 11.3 Å². The van der Waals surface area contributed by atoms with Gasteiger partial charge in [0.1, 0.15) is 5.01 Å². The lowest BCUT2D eigenvalue weighted by Crippen LogP contribution is -2.48. The molecule has 2 aliphatic heterocycles. The molecule has 1 aromatic heterocycles. The molecule has 3 heterocycles. The molecule has 1 amide bonds. The normalized spacial score (nSPS) is 17.9. The van der Waals surface area contributed by atoms with E-state index in [1.165, 1.54) is 43.5 Å². The molecule has 6 heteroatoms. The second-order valence-corrected chi connectivity index (χ2v) is 9.97. The Kier molecular flexibility index (Phi) is 7.15. The van der Waals surface area contributed by atoms with Crippen LogP contribution in [-0.4, -0.2) is 64.9 Å². The van der Waals surface area contributed by atoms with Gasteiger partial charge in [-0.1, -0.05) is 48.9 Å². The average molecular weight is 461 g/mol. The third-order valence-corrected chi connectivity index (χ3v) is 7.61. The number of aromatic nitrogens is 1. The highest BCUT2D eigenvalue weighted by molar-refractivity contribution is 7.13. The zero-order chi connectivity index (χ0) is 22.5. The molecule has 0 unspecified atom stereocenters. The van der Waals surface area contributed by atoms with Crippen molar-refractivity contribution >= 4 is 17.2 Å². The summed E-state index contributed by atoms with van der Waals surface area (Å²) in [6.45, 7) is 7.53. The summed E-state index contributed by atoms with van der Waals surface area (Å²) < 4.78 is 0. The summed E-state index contributed by atoms with van der Waals surface area (Å²) in [5.41, 5.74) is 4.39. The maximum Gasteiger partial charge on any atom is 0.253 e. The monoisotopic (exact) mass is 460 g/mol. The van der Waals surface area contributed by atoms with E-state index in [0.29, 0.717) is 0 Å². The van der Waals surface area contributed by atoms with E-state index in [4.69, 9.17) is 4.98 Å². The molecule has 172 valence electrons. The van der Waals surface area contributed by atoms with Crippen molar-refractivity contribution in [2.24, 2.45) is 0 Å². The molecule has 0 atom stereocenters. The number of carbonyl (C=O) groups is 1. The number of benzene rings is 2. The highest BCUT2D eigenvalue weighted by atomic mass is 32.1. The lowest BCUT2D eigenvalue weighted by Gasteiger charge is -2.34. The Balaban J connectivity index is 1.11. The molecule has 0 radical (unpaired) electrons. The fourth-order valence-corrected chi connectivity index (χ4v) is 5.56. The van der Waals surface area contributed by atoms with Crippen molar-refractivity contribution in [2.45, 2.75) is 32.4 Å². The van der Waals surface area contributed by atoms with Gasteiger partial charge in [-0.15, -0.1) is 11.3 Å². The van der Waals surface area contributed by atoms with Crippen molar-refractivity contribution < 1.29 is 4.79 Å². The van der Waals surface area contributed by atoms with Crippen LogP contribution in [0.25, 0.3) is 10.6 Å². The minimum Gasteiger partial charge on any atom is -0.336 e. The molecule has 0 aliphatic carbocycles. The average Bonchev–Trinajstić information content (AvgIpc) is 3.34. The number of piperazine rings is 1. The first-order chi connectivity index (χ1) is 16.2. The molecule has 2 fully saturated rings. The molecule has 5 nitrogen and oxygen atoms in total. The van der Waals surface area contributed by atoms with Crippen molar-refractivity contribution in [1.82, 2.24) is 19.7 Å². The number of rotatable bonds is 6. The van der Waals surface area contributed by atoms with E-state index < -0.39 is 0 Å². The SMILES string of the molecule is O=C(c1ccc(CN2CCCCC2)cc1)N1CCN(Cc2csc(-c3ccccc3)n2)CC1. The molecule has 5 rings (SSSR count). The molecular formula is C27H32N4OS. The summed E-state index contributed by atoms with van der Waals surface area (Å²) in [4.78, 5) is 24.7. The second-order valence-electron chi connectivity index (χ2n) is 9.11. The van der Waals surface area contributed by atoms with E-state index in [1.54, 1.807) is 11.3 Å². The van der Waals surface area contributed by atoms with Crippen molar-refractivity contribution in [1.29, 1.82) is 0 Å². The standard InChI is InChI=1S/C27H32N4OS/c32-27(24-11-9-22(10-12-24)19-29-13-5-2-6-14-29)31-17-15-30(16-18-31)20-25-21-33-26(28-25)23-7-3-1-4-8-23/h1,3-4,7-12,21H,2,5-6,13-20H2. The van der Waals surface area contributed by atoms with Crippen LogP contribution in [0.2, 0.25) is 0 Å². The number of carbonyl (C=O) groups excluding carboxylic acids is 1. The molecule has 33 heavy (non-hydrogen) atoms. The van der Waals surface area contributed by atoms with Gasteiger partial charge in [-0.25, -0.2) is 4.98 Å². The summed E-state index contributed by atoms with van der Waals surface area (Å²) in [6, 6.07) is 18.6. The Bertz CT molecular complexity index is 1040. The zero-order valence-electron chi connectivity index (χ0n) is 19.2. The quantitative estimate of drug-likeness (QED) is 0.532. The Morgan fingerprint density at radius 1 is 0.788 bits per heavy atom. The largest absolute Gasteiger partial charge is 0.336 e. The number of thiazole rings is 1. The molecule has 0 bridgehead atoms. The predicted molar refractivity (Wildman–Crippen MR) is 134 cm³/mol. The first-order valence-corrected chi connectivity index (χ1v) is 13.0. The maximum absolute atomic E-state index is 13.0. The smallest absolute Gasteiger partial charge is 0.253 e. The van der Waals surface area contributed by atoms with Gasteiger partial charge in [0, 0.05) is 55.8 Å². The van der Waals surface area contributed by atoms with Crippen LogP contribution < -0.4 is 0 Å². The first-order valence-electron chi connectivity index (χ1n) is 12.1. The number of hydrogen-bond donors (Lipinski definition) is 0. The van der Waals surface area contributed by atoms with Crippen molar-refractivity contribution in [3.63, 3.8) is 0 Å². The number of likely N-dealkylation sites (tertiary alicyclic amines) is 1. The van der Waals surface area contributed by atoms with Crippen LogP contribution in [0, 0.1) is 0 Å². The van der Waals surface area contributed by atoms with Gasteiger partial charge in [0.25, 0.3) is 5.91 Å². The third kappa shape index (κ3) is 5.69. The Hall–Kier alpha value is -2.54. The van der Waals surface area contributed by atoms with Crippen LogP contribution in [0.15, 0.2) is 60.0 Å². The van der Waals surface area contributed by atoms with Crippen LogP contribution in [0.4, 0.5) is 0 Å². The van der Waals surface area contributed by atoms with Gasteiger partial charge in [-0.05, 0) is 43.6 Å². The van der Waals surface area contributed by atoms with Crippen LogP contribution in [-0.2, 0) is 13.1 Å². The van der Waals surface area contributed by atoms with Gasteiger partial charge in [-0.2, -0.15) is 0 Å². The van der Waals surface area contributed by atoms with Crippen LogP contribution in [0.1, 0.15) is 40.9 Å². The Morgan fingerprint density at radius 2 is 1.48 bits per heavy atom. The molecule has 0 N–H and O–H groups in total. The maximum atomic E-state index is 13.0. The van der Waals surface area contributed by atoms with Crippen LogP contribution in [0.5, 0.6) is 0 Å². The van der Waals surface area contributed by atoms with Crippen molar-refractivity contribution in [3.05, 3.63) is 76.8 Å². The van der Waals surface area contributed by atoms with Gasteiger partial charge in [0.2, 0.25) is 0 Å². The van der Waals surface area contributed by atoms with Crippen molar-refractivity contribution in [2.75, 3.05) is 39.3 Å². The summed E-state index contributed by atoms with van der Waals surface area (Å²) in [6.07, 6.45) is 3.97. The van der Waals surface area contributed by atoms with E-state index in [2.05, 4.69) is 51.6 Å². The van der Waals surface area contributed by atoms with Gasteiger partial charge >= 0.3 is 0 Å². The molecule has 0 saturated carbocycles. The number of nitrogens with zero attached hydrogens (tertiary/aromatic N) is 4. The van der Waals surface area contributed by atoms with E-state index in [1.807, 2.05) is 23.1 Å². The molecule has 0 spiro atoms. The highest BCUT2D eigenvalue weighted by Crippen LogP contribution is 2.24. The lowest BCUT2D eigenvalue weighted by molar-refractivity contribution is 0.0627. The molecule has 2 saturated heterocycles. The summed E-state index contributed by atoms with van der Waals surface area (Å²) in [5, 5.41) is 3.23. The highest BCUT2D eigenvalue weighted by Gasteiger charge is 2.23. The Labute approximate surface area is 200 Å². The molecular weight excluding hydrogens is 428 g/mol. The van der Waals surface area contributed by atoms with E-state index in [0.717, 1.165) is 55.5 Å². The zero-order valence-corrected chi connectivity index (χ0v) is 20.0. The van der Waals surface area contributed by atoms with Crippen molar-refractivity contribution in [3.8, 4) is 10.6 Å². The predicted octanol–water partition coefficient (Wildman–Crippen LogP) is 4.75. The van der Waals surface area contributed by atoms with E-state index in [9.17, 15) is 4.79 Å². The fraction of sp³-hybridized carbons (Fsp3) is 0.407. The first kappa shape index (κ1) is 22.3. The Morgan fingerprint density at radius 3 is 2.21 bits per heavy atom. The molecule has 2 aliphatic rings. The minimum atomic E-state index is 0.152. The molecule has 3 aromatic rings. The van der Waals surface area contributed by atoms with Gasteiger partial charge in [0.05, 0.1) is 5.69 Å². The van der Waals surface area contributed by atoms with Crippen LogP contribution in [0.3, 0.4) is 0 Å². The number of hydrogen-bond acceptors (Lipinski definition) is 5. The van der Waals surface area contributed by atoms with Gasteiger partial charge in [-0.3, -0.25) is 14.6 Å².